The molecule has 0 spiro atoms. The first kappa shape index (κ1) is 26.0. The van der Waals surface area contributed by atoms with Gasteiger partial charge in [0.25, 0.3) is 0 Å². The van der Waals surface area contributed by atoms with Crippen molar-refractivity contribution < 1.29 is 0 Å². The minimum absolute atomic E-state index is 0.677. The predicted octanol–water partition coefficient (Wildman–Crippen LogP) is 12.2. The molecule has 0 bridgehead atoms. The van der Waals surface area contributed by atoms with Crippen molar-refractivity contribution in [3.63, 3.8) is 0 Å². The van der Waals surface area contributed by atoms with Crippen molar-refractivity contribution in [2.24, 2.45) is 0 Å². The monoisotopic (exact) mass is 627 g/mol. The molecule has 0 unspecified atom stereocenters. The lowest BCUT2D eigenvalue weighted by Crippen LogP contribution is -2.03. The molecule has 0 aliphatic heterocycles. The first-order chi connectivity index (χ1) is 23.8. The maximum Gasteiger partial charge on any atom is 0.235 e. The van der Waals surface area contributed by atoms with E-state index in [1.165, 1.54) is 63.3 Å². The van der Waals surface area contributed by atoms with Gasteiger partial charge in [-0.05, 0) is 68.7 Å². The summed E-state index contributed by atoms with van der Waals surface area (Å²) < 4.78 is 4.84. The van der Waals surface area contributed by atoms with Gasteiger partial charge >= 0.3 is 0 Å². The number of aromatic nitrogens is 3. The van der Waals surface area contributed by atoms with Crippen molar-refractivity contribution in [3.8, 4) is 17.2 Å². The molecule has 0 N–H and O–H groups in total. The predicted molar refractivity (Wildman–Crippen MR) is 205 cm³/mol. The molecule has 0 fully saturated rings. The topological polar surface area (TPSA) is 30.7 Å². The SMILES string of the molecule is c1ccc2c(c1)ccc1ccc3c(ccc4c3c3ccccc3n4-c3nc(-c4ccc5sc6ccccc6c5c4)c4ccccc4n3)c12. The summed E-state index contributed by atoms with van der Waals surface area (Å²) in [6, 6.07) is 54.7. The number of rotatable bonds is 2. The Kier molecular flexibility index (Phi) is 5.26. The molecule has 3 aromatic heterocycles. The Hall–Kier alpha value is -6.10. The van der Waals surface area contributed by atoms with E-state index in [1.807, 2.05) is 11.3 Å². The van der Waals surface area contributed by atoms with Gasteiger partial charge in [-0.2, -0.15) is 0 Å². The zero-order chi connectivity index (χ0) is 31.3. The first-order valence-corrected chi connectivity index (χ1v) is 17.1. The first-order valence-electron chi connectivity index (χ1n) is 16.3. The van der Waals surface area contributed by atoms with E-state index in [-0.39, 0.29) is 0 Å². The third kappa shape index (κ3) is 3.58. The average Bonchev–Trinajstić information content (AvgIpc) is 3.69. The van der Waals surface area contributed by atoms with Crippen LogP contribution in [0.5, 0.6) is 0 Å². The third-order valence-electron chi connectivity index (χ3n) is 9.98. The number of fused-ring (bicyclic) bond motifs is 13. The summed E-state index contributed by atoms with van der Waals surface area (Å²) in [5.74, 6) is 0.677. The van der Waals surface area contributed by atoms with Gasteiger partial charge in [0.1, 0.15) is 0 Å². The van der Waals surface area contributed by atoms with Crippen molar-refractivity contribution in [2.75, 3.05) is 0 Å². The van der Waals surface area contributed by atoms with Crippen LogP contribution in [0.15, 0.2) is 152 Å². The number of thiophene rings is 1. The molecule has 0 atom stereocenters. The van der Waals surface area contributed by atoms with E-state index >= 15 is 0 Å². The average molecular weight is 628 g/mol. The second-order valence-electron chi connectivity index (χ2n) is 12.6. The quantitative estimate of drug-likeness (QED) is 0.179. The Morgan fingerprint density at radius 2 is 1.10 bits per heavy atom. The zero-order valence-electron chi connectivity index (χ0n) is 25.7. The molecule has 11 rings (SSSR count). The molecule has 0 saturated carbocycles. The van der Waals surface area contributed by atoms with E-state index in [1.54, 1.807) is 0 Å². The minimum atomic E-state index is 0.677. The van der Waals surface area contributed by atoms with Crippen LogP contribution >= 0.6 is 11.3 Å². The number of para-hydroxylation sites is 2. The van der Waals surface area contributed by atoms with Crippen LogP contribution in [0.3, 0.4) is 0 Å². The molecule has 3 nitrogen and oxygen atoms in total. The Bertz CT molecular complexity index is 3130. The van der Waals surface area contributed by atoms with Gasteiger partial charge in [-0.25, -0.2) is 9.97 Å². The normalized spacial score (nSPS) is 12.2. The van der Waals surface area contributed by atoms with Crippen molar-refractivity contribution in [2.45, 2.75) is 0 Å². The molecular weight excluding hydrogens is 603 g/mol. The summed E-state index contributed by atoms with van der Waals surface area (Å²) in [6.45, 7) is 0. The molecule has 3 heterocycles. The van der Waals surface area contributed by atoms with E-state index in [9.17, 15) is 0 Å². The summed E-state index contributed by atoms with van der Waals surface area (Å²) in [7, 11) is 0. The largest absolute Gasteiger partial charge is 0.278 e. The molecule has 11 aromatic rings. The summed E-state index contributed by atoms with van der Waals surface area (Å²) in [6.07, 6.45) is 0. The fourth-order valence-electron chi connectivity index (χ4n) is 7.85. The van der Waals surface area contributed by atoms with Gasteiger partial charge in [-0.3, -0.25) is 4.57 Å². The lowest BCUT2D eigenvalue weighted by Gasteiger charge is -2.12. The maximum atomic E-state index is 5.41. The van der Waals surface area contributed by atoms with E-state index in [0.717, 1.165) is 33.2 Å². The summed E-state index contributed by atoms with van der Waals surface area (Å²) >= 11 is 1.84. The molecule has 222 valence electrons. The van der Waals surface area contributed by atoms with Gasteiger partial charge in [0.15, 0.2) is 0 Å². The molecule has 4 heteroatoms. The zero-order valence-corrected chi connectivity index (χ0v) is 26.5. The molecule has 48 heavy (non-hydrogen) atoms. The van der Waals surface area contributed by atoms with Crippen molar-refractivity contribution in [3.05, 3.63) is 152 Å². The maximum absolute atomic E-state index is 5.41. The van der Waals surface area contributed by atoms with Gasteiger partial charge in [0.2, 0.25) is 5.95 Å². The lowest BCUT2D eigenvalue weighted by atomic mass is 9.94. The molecule has 0 aliphatic carbocycles. The van der Waals surface area contributed by atoms with E-state index in [2.05, 4.69) is 156 Å². The van der Waals surface area contributed by atoms with E-state index in [4.69, 9.17) is 9.97 Å². The molecule has 0 aliphatic rings. The number of hydrogen-bond acceptors (Lipinski definition) is 3. The number of hydrogen-bond donors (Lipinski definition) is 0. The van der Waals surface area contributed by atoms with Gasteiger partial charge in [0, 0.05) is 41.9 Å². The van der Waals surface area contributed by atoms with Crippen LogP contribution in [0.1, 0.15) is 0 Å². The minimum Gasteiger partial charge on any atom is -0.278 e. The summed E-state index contributed by atoms with van der Waals surface area (Å²) in [4.78, 5) is 10.6. The third-order valence-corrected chi connectivity index (χ3v) is 11.1. The van der Waals surface area contributed by atoms with Crippen LogP contribution in [0.25, 0.3) is 102 Å². The van der Waals surface area contributed by atoms with Crippen LogP contribution in [-0.2, 0) is 0 Å². The molecule has 8 aromatic carbocycles. The van der Waals surface area contributed by atoms with E-state index < -0.39 is 0 Å². The highest BCUT2D eigenvalue weighted by molar-refractivity contribution is 7.25. The second-order valence-corrected chi connectivity index (χ2v) is 13.6. The fourth-order valence-corrected chi connectivity index (χ4v) is 8.94. The van der Waals surface area contributed by atoms with Crippen LogP contribution < -0.4 is 0 Å². The van der Waals surface area contributed by atoms with Gasteiger partial charge in [-0.1, -0.05) is 115 Å². The van der Waals surface area contributed by atoms with Gasteiger partial charge < -0.3 is 0 Å². The van der Waals surface area contributed by atoms with Crippen LogP contribution in [0, 0.1) is 0 Å². The van der Waals surface area contributed by atoms with Gasteiger partial charge in [-0.15, -0.1) is 11.3 Å². The highest BCUT2D eigenvalue weighted by Gasteiger charge is 2.20. The number of nitrogens with zero attached hydrogens (tertiary/aromatic N) is 3. The summed E-state index contributed by atoms with van der Waals surface area (Å²) in [5.41, 5.74) is 5.16. The van der Waals surface area contributed by atoms with Crippen LogP contribution in [0.2, 0.25) is 0 Å². The van der Waals surface area contributed by atoms with Crippen LogP contribution in [-0.4, -0.2) is 14.5 Å². The molecule has 0 radical (unpaired) electrons. The molecule has 0 saturated heterocycles. The highest BCUT2D eigenvalue weighted by atomic mass is 32.1. The Labute approximate surface area is 278 Å². The Morgan fingerprint density at radius 3 is 2.04 bits per heavy atom. The van der Waals surface area contributed by atoms with Crippen molar-refractivity contribution >= 4 is 96.5 Å². The molecule has 0 amide bonds. The second kappa shape index (κ2) is 9.71. The van der Waals surface area contributed by atoms with Crippen molar-refractivity contribution in [1.82, 2.24) is 14.5 Å². The Balaban J connectivity index is 1.23. The lowest BCUT2D eigenvalue weighted by molar-refractivity contribution is 1.01. The highest BCUT2D eigenvalue weighted by Crippen LogP contribution is 2.42. The van der Waals surface area contributed by atoms with Crippen LogP contribution in [0.4, 0.5) is 0 Å². The van der Waals surface area contributed by atoms with E-state index in [0.29, 0.717) is 5.95 Å². The standard InChI is InChI=1S/C44H25N3S/c1-2-10-29-26(9-1)17-18-27-19-21-32-31(41(27)29)22-23-38-42(32)34-13-4-7-15-37(34)47(38)44-45-36-14-6-3-12-33(36)43(46-44)28-20-24-40-35(25-28)30-11-5-8-16-39(30)48-40/h1-25H. The smallest absolute Gasteiger partial charge is 0.235 e. The Morgan fingerprint density at radius 1 is 0.417 bits per heavy atom. The van der Waals surface area contributed by atoms with Crippen molar-refractivity contribution in [1.29, 1.82) is 0 Å². The van der Waals surface area contributed by atoms with Gasteiger partial charge in [0.05, 0.1) is 22.2 Å². The summed E-state index contributed by atoms with van der Waals surface area (Å²) in [5, 5.41) is 13.6. The number of benzene rings is 8. The fraction of sp³-hybridized carbons (Fsp3) is 0. The molecular formula is C44H25N3S.